The Bertz CT molecular complexity index is 530. The summed E-state index contributed by atoms with van der Waals surface area (Å²) in [5.74, 6) is 0.662. The predicted molar refractivity (Wildman–Crippen MR) is 83.4 cm³/mol. The van der Waals surface area contributed by atoms with Gasteiger partial charge in [-0.15, -0.1) is 0 Å². The van der Waals surface area contributed by atoms with E-state index in [0.29, 0.717) is 5.92 Å². The molecule has 2 aliphatic rings. The van der Waals surface area contributed by atoms with Crippen LogP contribution in [0.5, 0.6) is 0 Å². The number of nitrogens with one attached hydrogen (secondary N) is 1. The lowest BCUT2D eigenvalue weighted by Gasteiger charge is -2.38. The molecule has 2 aliphatic carbocycles. The lowest BCUT2D eigenvalue weighted by atomic mass is 9.77. The summed E-state index contributed by atoms with van der Waals surface area (Å²) in [6, 6.07) is 6.05. The molecule has 0 heterocycles. The summed E-state index contributed by atoms with van der Waals surface area (Å²) in [4.78, 5) is 12.5. The van der Waals surface area contributed by atoms with Crippen molar-refractivity contribution in [1.29, 1.82) is 0 Å². The number of hydrogen-bond acceptors (Lipinski definition) is 2. The molecule has 1 saturated carbocycles. The number of rotatable bonds is 3. The highest BCUT2D eigenvalue weighted by atomic mass is 16.3. The van der Waals surface area contributed by atoms with Gasteiger partial charge >= 0.3 is 0 Å². The Morgan fingerprint density at radius 2 is 2.00 bits per heavy atom. The summed E-state index contributed by atoms with van der Waals surface area (Å²) >= 11 is 0. The van der Waals surface area contributed by atoms with Gasteiger partial charge in [0.1, 0.15) is 0 Å². The zero-order valence-corrected chi connectivity index (χ0v) is 12.8. The molecule has 3 rings (SSSR count). The molecule has 114 valence electrons. The number of aliphatic hydroxyl groups is 1. The fraction of sp³-hybridized carbons (Fsp3) is 0.611. The quantitative estimate of drug-likeness (QED) is 0.898. The average molecular weight is 287 g/mol. The van der Waals surface area contributed by atoms with E-state index in [2.05, 4.69) is 18.3 Å². The summed E-state index contributed by atoms with van der Waals surface area (Å²) in [7, 11) is 0. The average Bonchev–Trinajstić information content (AvgIpc) is 2.97. The second-order valence-electron chi connectivity index (χ2n) is 6.91. The van der Waals surface area contributed by atoms with Gasteiger partial charge in [0.25, 0.3) is 5.91 Å². The molecule has 1 fully saturated rings. The van der Waals surface area contributed by atoms with Crippen molar-refractivity contribution in [3.63, 3.8) is 0 Å². The van der Waals surface area contributed by atoms with E-state index in [1.807, 2.05) is 12.1 Å². The number of aryl methyl sites for hydroxylation is 2. The molecule has 0 aromatic heterocycles. The van der Waals surface area contributed by atoms with Crippen LogP contribution in [0.3, 0.4) is 0 Å². The maximum absolute atomic E-state index is 12.5. The Labute approximate surface area is 126 Å². The Hall–Kier alpha value is -1.35. The zero-order chi connectivity index (χ0) is 14.9. The monoisotopic (exact) mass is 287 g/mol. The van der Waals surface area contributed by atoms with E-state index < -0.39 is 5.54 Å². The molecule has 2 N–H and O–H groups in total. The maximum atomic E-state index is 12.5. The molecule has 1 aromatic rings. The lowest BCUT2D eigenvalue weighted by molar-refractivity contribution is 0.0717. The van der Waals surface area contributed by atoms with Crippen LogP contribution in [0.4, 0.5) is 0 Å². The van der Waals surface area contributed by atoms with Crippen molar-refractivity contribution in [2.24, 2.45) is 5.92 Å². The topological polar surface area (TPSA) is 49.3 Å². The largest absolute Gasteiger partial charge is 0.394 e. The molecule has 0 bridgehead atoms. The number of aliphatic hydroxyl groups excluding tert-OH is 1. The summed E-state index contributed by atoms with van der Waals surface area (Å²) in [6.07, 6.45) is 7.31. The first kappa shape index (κ1) is 14.6. The maximum Gasteiger partial charge on any atom is 0.251 e. The van der Waals surface area contributed by atoms with Crippen molar-refractivity contribution < 1.29 is 9.90 Å². The first-order valence-corrected chi connectivity index (χ1v) is 8.17. The highest BCUT2D eigenvalue weighted by molar-refractivity contribution is 5.95. The molecule has 1 aromatic carbocycles. The van der Waals surface area contributed by atoms with Gasteiger partial charge in [-0.3, -0.25) is 4.79 Å². The van der Waals surface area contributed by atoms with Crippen LogP contribution in [0.15, 0.2) is 18.2 Å². The smallest absolute Gasteiger partial charge is 0.251 e. The second-order valence-corrected chi connectivity index (χ2v) is 6.91. The molecule has 3 nitrogen and oxygen atoms in total. The van der Waals surface area contributed by atoms with E-state index in [1.54, 1.807) is 0 Å². The summed E-state index contributed by atoms with van der Waals surface area (Å²) in [6.45, 7) is 2.28. The van der Waals surface area contributed by atoms with Crippen molar-refractivity contribution in [3.05, 3.63) is 34.9 Å². The second kappa shape index (κ2) is 5.80. The predicted octanol–water partition coefficient (Wildman–Crippen LogP) is 2.85. The molecule has 0 saturated heterocycles. The molecular weight excluding hydrogens is 262 g/mol. The first-order chi connectivity index (χ1) is 10.1. The molecule has 0 radical (unpaired) electrons. The van der Waals surface area contributed by atoms with Crippen molar-refractivity contribution in [1.82, 2.24) is 5.32 Å². The number of carbonyl (C=O) groups is 1. The van der Waals surface area contributed by atoms with E-state index in [1.165, 1.54) is 17.5 Å². The van der Waals surface area contributed by atoms with Gasteiger partial charge in [-0.2, -0.15) is 0 Å². The van der Waals surface area contributed by atoms with Crippen LogP contribution >= 0.6 is 0 Å². The summed E-state index contributed by atoms with van der Waals surface area (Å²) in [5.41, 5.74) is 3.03. The van der Waals surface area contributed by atoms with Crippen LogP contribution in [0, 0.1) is 5.92 Å². The standard InChI is InChI=1S/C18H25NO2/c1-13-7-9-18(12-20,10-8-13)19-17(21)16-6-5-14-3-2-4-15(14)11-16/h5-6,11,13,20H,2-4,7-10,12H2,1H3,(H,19,21). The van der Waals surface area contributed by atoms with Crippen molar-refractivity contribution in [3.8, 4) is 0 Å². The van der Waals surface area contributed by atoms with Crippen LogP contribution in [-0.4, -0.2) is 23.2 Å². The van der Waals surface area contributed by atoms with Gasteiger partial charge in [-0.25, -0.2) is 0 Å². The fourth-order valence-electron chi connectivity index (χ4n) is 3.66. The summed E-state index contributed by atoms with van der Waals surface area (Å²) < 4.78 is 0. The Balaban J connectivity index is 1.73. The van der Waals surface area contributed by atoms with E-state index in [4.69, 9.17) is 0 Å². The third kappa shape index (κ3) is 2.98. The van der Waals surface area contributed by atoms with E-state index in [9.17, 15) is 9.90 Å². The van der Waals surface area contributed by atoms with Crippen LogP contribution in [0.25, 0.3) is 0 Å². The van der Waals surface area contributed by atoms with Crippen LogP contribution in [0.1, 0.15) is 60.5 Å². The highest BCUT2D eigenvalue weighted by Crippen LogP contribution is 2.32. The molecule has 0 atom stereocenters. The minimum atomic E-state index is -0.414. The lowest BCUT2D eigenvalue weighted by Crippen LogP contribution is -2.53. The normalized spacial score (nSPS) is 28.2. The zero-order valence-electron chi connectivity index (χ0n) is 12.8. The van der Waals surface area contributed by atoms with Gasteiger partial charge in [0.2, 0.25) is 0 Å². The molecule has 21 heavy (non-hydrogen) atoms. The number of hydrogen-bond donors (Lipinski definition) is 2. The van der Waals surface area contributed by atoms with Crippen molar-refractivity contribution in [2.75, 3.05) is 6.61 Å². The van der Waals surface area contributed by atoms with Gasteiger partial charge in [0.15, 0.2) is 0 Å². The number of amides is 1. The Kier molecular flexibility index (Phi) is 4.03. The number of carbonyl (C=O) groups excluding carboxylic acids is 1. The van der Waals surface area contributed by atoms with Crippen LogP contribution in [0.2, 0.25) is 0 Å². The first-order valence-electron chi connectivity index (χ1n) is 8.17. The molecular formula is C18H25NO2. The van der Waals surface area contributed by atoms with Crippen LogP contribution < -0.4 is 5.32 Å². The van der Waals surface area contributed by atoms with Crippen LogP contribution in [-0.2, 0) is 12.8 Å². The SMILES string of the molecule is CC1CCC(CO)(NC(=O)c2ccc3c(c2)CCC3)CC1. The van der Waals surface area contributed by atoms with E-state index >= 15 is 0 Å². The minimum Gasteiger partial charge on any atom is -0.394 e. The minimum absolute atomic E-state index is 0.0340. The summed E-state index contributed by atoms with van der Waals surface area (Å²) in [5, 5.41) is 12.9. The van der Waals surface area contributed by atoms with Gasteiger partial charge in [0, 0.05) is 5.56 Å². The molecule has 3 heteroatoms. The van der Waals surface area contributed by atoms with Gasteiger partial charge in [-0.05, 0) is 74.1 Å². The third-order valence-corrected chi connectivity index (χ3v) is 5.27. The molecule has 0 unspecified atom stereocenters. The van der Waals surface area contributed by atoms with E-state index in [0.717, 1.165) is 44.1 Å². The van der Waals surface area contributed by atoms with Gasteiger partial charge in [-0.1, -0.05) is 13.0 Å². The number of fused-ring (bicyclic) bond motifs is 1. The van der Waals surface area contributed by atoms with Gasteiger partial charge in [0.05, 0.1) is 12.1 Å². The number of benzene rings is 1. The van der Waals surface area contributed by atoms with Crippen molar-refractivity contribution >= 4 is 5.91 Å². The van der Waals surface area contributed by atoms with Gasteiger partial charge < -0.3 is 10.4 Å². The Morgan fingerprint density at radius 3 is 2.71 bits per heavy atom. The fourth-order valence-corrected chi connectivity index (χ4v) is 3.66. The Morgan fingerprint density at radius 1 is 1.29 bits per heavy atom. The highest BCUT2D eigenvalue weighted by Gasteiger charge is 2.35. The van der Waals surface area contributed by atoms with E-state index in [-0.39, 0.29) is 12.5 Å². The molecule has 1 amide bonds. The third-order valence-electron chi connectivity index (χ3n) is 5.27. The molecule has 0 aliphatic heterocycles. The van der Waals surface area contributed by atoms with Crippen molar-refractivity contribution in [2.45, 2.75) is 57.4 Å². The molecule has 0 spiro atoms.